The van der Waals surface area contributed by atoms with Crippen LogP contribution in [0.4, 0.5) is 0 Å². The highest BCUT2D eigenvalue weighted by Crippen LogP contribution is 2.18. The van der Waals surface area contributed by atoms with Gasteiger partial charge in [-0.15, -0.1) is 11.3 Å². The topological polar surface area (TPSA) is 48.1 Å². The Morgan fingerprint density at radius 3 is 2.72 bits per heavy atom. The predicted molar refractivity (Wildman–Crippen MR) is 76.6 cm³/mol. The van der Waals surface area contributed by atoms with E-state index in [-0.39, 0.29) is 5.91 Å². The van der Waals surface area contributed by atoms with E-state index in [4.69, 9.17) is 12.2 Å². The van der Waals surface area contributed by atoms with Crippen LogP contribution in [-0.2, 0) is 11.2 Å². The van der Waals surface area contributed by atoms with E-state index in [9.17, 15) is 4.79 Å². The van der Waals surface area contributed by atoms with Gasteiger partial charge in [0.2, 0.25) is 5.91 Å². The smallest absolute Gasteiger partial charge is 0.227 e. The molecule has 100 valence electrons. The number of amides is 1. The maximum Gasteiger partial charge on any atom is 0.227 e. The van der Waals surface area contributed by atoms with E-state index in [1.54, 1.807) is 0 Å². The molecule has 1 amide bonds. The second-order valence-electron chi connectivity index (χ2n) is 4.73. The van der Waals surface area contributed by atoms with Crippen LogP contribution in [-0.4, -0.2) is 42.0 Å². The molecule has 0 bridgehead atoms. The first kappa shape index (κ1) is 13.7. The lowest BCUT2D eigenvalue weighted by atomic mass is 10.0. The Bertz CT molecular complexity index is 474. The van der Waals surface area contributed by atoms with Gasteiger partial charge in [-0.1, -0.05) is 0 Å². The van der Waals surface area contributed by atoms with E-state index in [2.05, 4.69) is 10.3 Å². The largest absolute Gasteiger partial charge is 0.342 e. The van der Waals surface area contributed by atoms with Crippen molar-refractivity contribution in [2.24, 2.45) is 0 Å². The van der Waals surface area contributed by atoms with Gasteiger partial charge in [0, 0.05) is 23.7 Å². The Morgan fingerprint density at radius 1 is 1.50 bits per heavy atom. The molecule has 6 heteroatoms. The van der Waals surface area contributed by atoms with Gasteiger partial charge < -0.3 is 15.2 Å². The molecule has 2 heterocycles. The molecule has 1 aromatic rings. The molecule has 0 radical (unpaired) electrons. The van der Waals surface area contributed by atoms with Crippen molar-refractivity contribution >= 4 is 29.5 Å². The fraction of sp³-hybridized carbons (Fsp3) is 0.667. The highest BCUT2D eigenvalue weighted by Gasteiger charge is 2.22. The summed E-state index contributed by atoms with van der Waals surface area (Å²) in [5.74, 6) is 0.190. The molecule has 1 saturated heterocycles. The lowest BCUT2D eigenvalue weighted by molar-refractivity contribution is -0.131. The van der Waals surface area contributed by atoms with Gasteiger partial charge in [0.05, 0.1) is 6.42 Å². The van der Waals surface area contributed by atoms with Gasteiger partial charge in [-0.2, -0.15) is 0 Å². The van der Waals surface area contributed by atoms with Crippen LogP contribution in [0, 0.1) is 10.9 Å². The summed E-state index contributed by atoms with van der Waals surface area (Å²) in [7, 11) is 1.92. The van der Waals surface area contributed by atoms with Crippen molar-refractivity contribution in [1.29, 1.82) is 0 Å². The number of carbonyl (C=O) groups excluding carboxylic acids is 1. The van der Waals surface area contributed by atoms with E-state index in [1.165, 1.54) is 11.3 Å². The number of rotatable bonds is 3. The van der Waals surface area contributed by atoms with Crippen molar-refractivity contribution in [3.63, 3.8) is 0 Å². The second kappa shape index (κ2) is 5.95. The summed E-state index contributed by atoms with van der Waals surface area (Å²) >= 11 is 6.60. The van der Waals surface area contributed by atoms with Gasteiger partial charge in [-0.05, 0) is 45.1 Å². The van der Waals surface area contributed by atoms with Crippen LogP contribution in [0.1, 0.15) is 23.4 Å². The molecule has 1 aliphatic rings. The normalized spacial score (nSPS) is 16.8. The van der Waals surface area contributed by atoms with Gasteiger partial charge in [0.15, 0.2) is 3.95 Å². The number of aryl methyl sites for hydroxylation is 1. The summed E-state index contributed by atoms with van der Waals surface area (Å²) in [6.07, 6.45) is 2.55. The number of nitrogens with zero attached hydrogens (tertiary/aromatic N) is 1. The lowest BCUT2D eigenvalue weighted by Crippen LogP contribution is -2.44. The molecule has 0 atom stereocenters. The molecule has 2 N–H and O–H groups in total. The van der Waals surface area contributed by atoms with Gasteiger partial charge in [-0.3, -0.25) is 4.79 Å². The zero-order valence-corrected chi connectivity index (χ0v) is 12.4. The zero-order valence-electron chi connectivity index (χ0n) is 10.8. The van der Waals surface area contributed by atoms with Gasteiger partial charge in [-0.25, -0.2) is 0 Å². The molecule has 18 heavy (non-hydrogen) atoms. The number of aromatic amines is 1. The first-order valence-electron chi connectivity index (χ1n) is 6.23. The zero-order chi connectivity index (χ0) is 13.1. The predicted octanol–water partition coefficient (Wildman–Crippen LogP) is 1.87. The summed E-state index contributed by atoms with van der Waals surface area (Å²) in [6.45, 7) is 3.98. The van der Waals surface area contributed by atoms with Crippen LogP contribution in [0.25, 0.3) is 0 Å². The van der Waals surface area contributed by atoms with E-state index in [0.29, 0.717) is 12.5 Å². The van der Waals surface area contributed by atoms with E-state index in [0.717, 1.165) is 40.5 Å². The minimum absolute atomic E-state index is 0.190. The van der Waals surface area contributed by atoms with Crippen molar-refractivity contribution < 1.29 is 4.79 Å². The van der Waals surface area contributed by atoms with Crippen molar-refractivity contribution in [3.8, 4) is 0 Å². The summed E-state index contributed by atoms with van der Waals surface area (Å²) in [5.41, 5.74) is 1.03. The number of hydrogen-bond acceptors (Lipinski definition) is 4. The molecule has 0 spiro atoms. The summed E-state index contributed by atoms with van der Waals surface area (Å²) in [5, 5.41) is 3.32. The number of nitrogens with one attached hydrogen (secondary N) is 2. The van der Waals surface area contributed by atoms with Gasteiger partial charge in [0.25, 0.3) is 0 Å². The Morgan fingerprint density at radius 2 is 2.17 bits per heavy atom. The standard InChI is InChI=1S/C12H19N3OS2/c1-8-10(18-12(17)14-8)7-11(16)15(2)9-3-5-13-6-4-9/h9,13H,3-7H2,1-2H3,(H,14,17). The van der Waals surface area contributed by atoms with Crippen molar-refractivity contribution in [3.05, 3.63) is 14.5 Å². The molecular formula is C12H19N3OS2. The van der Waals surface area contributed by atoms with E-state index >= 15 is 0 Å². The maximum atomic E-state index is 12.2. The Hall–Kier alpha value is -0.720. The third-order valence-electron chi connectivity index (χ3n) is 3.49. The molecule has 0 unspecified atom stereocenters. The lowest BCUT2D eigenvalue weighted by Gasteiger charge is -2.31. The average Bonchev–Trinajstić information content (AvgIpc) is 2.68. The quantitative estimate of drug-likeness (QED) is 0.834. The molecule has 0 saturated carbocycles. The first-order chi connectivity index (χ1) is 8.58. The molecule has 0 aromatic carbocycles. The third-order valence-corrected chi connectivity index (χ3v) is 4.82. The van der Waals surface area contributed by atoms with E-state index in [1.807, 2.05) is 18.9 Å². The van der Waals surface area contributed by atoms with Gasteiger partial charge >= 0.3 is 0 Å². The Labute approximate surface area is 116 Å². The number of likely N-dealkylation sites (N-methyl/N-ethyl adjacent to an activating group) is 1. The van der Waals surface area contributed by atoms with E-state index < -0.39 is 0 Å². The maximum absolute atomic E-state index is 12.2. The number of carbonyl (C=O) groups is 1. The van der Waals surface area contributed by atoms with Crippen LogP contribution in [0.2, 0.25) is 0 Å². The minimum atomic E-state index is 0.190. The highest BCUT2D eigenvalue weighted by molar-refractivity contribution is 7.73. The van der Waals surface area contributed by atoms with Crippen LogP contribution >= 0.6 is 23.6 Å². The van der Waals surface area contributed by atoms with Crippen LogP contribution < -0.4 is 5.32 Å². The highest BCUT2D eigenvalue weighted by atomic mass is 32.1. The number of thiazole rings is 1. The number of piperidine rings is 1. The molecule has 1 aromatic heterocycles. The second-order valence-corrected chi connectivity index (χ2v) is 6.50. The third kappa shape index (κ3) is 3.18. The fourth-order valence-corrected chi connectivity index (χ4v) is 3.55. The molecule has 4 nitrogen and oxygen atoms in total. The first-order valence-corrected chi connectivity index (χ1v) is 7.45. The SMILES string of the molecule is Cc1[nH]c(=S)sc1CC(=O)N(C)C1CCNCC1. The number of aromatic nitrogens is 1. The number of hydrogen-bond donors (Lipinski definition) is 2. The van der Waals surface area contributed by atoms with Crippen molar-refractivity contribution in [1.82, 2.24) is 15.2 Å². The monoisotopic (exact) mass is 285 g/mol. The fourth-order valence-electron chi connectivity index (χ4n) is 2.27. The Balaban J connectivity index is 1.98. The molecule has 2 rings (SSSR count). The van der Waals surface area contributed by atoms with Crippen LogP contribution in [0.15, 0.2) is 0 Å². The molecule has 1 fully saturated rings. The average molecular weight is 285 g/mol. The summed E-state index contributed by atoms with van der Waals surface area (Å²) in [4.78, 5) is 18.3. The van der Waals surface area contributed by atoms with Crippen molar-refractivity contribution in [2.45, 2.75) is 32.2 Å². The van der Waals surface area contributed by atoms with Gasteiger partial charge in [0.1, 0.15) is 0 Å². The molecule has 1 aliphatic heterocycles. The molecule has 0 aliphatic carbocycles. The van der Waals surface area contributed by atoms with Crippen LogP contribution in [0.3, 0.4) is 0 Å². The summed E-state index contributed by atoms with van der Waals surface area (Å²) in [6, 6.07) is 0.381. The Kier molecular flexibility index (Phi) is 4.53. The van der Waals surface area contributed by atoms with Crippen molar-refractivity contribution in [2.75, 3.05) is 20.1 Å². The molecular weight excluding hydrogens is 266 g/mol. The summed E-state index contributed by atoms with van der Waals surface area (Å²) < 4.78 is 0.750. The number of H-pyrrole nitrogens is 1. The van der Waals surface area contributed by atoms with Crippen LogP contribution in [0.5, 0.6) is 0 Å². The minimum Gasteiger partial charge on any atom is -0.342 e.